The first-order chi connectivity index (χ1) is 13.4. The van der Waals surface area contributed by atoms with Crippen LogP contribution in [0.4, 0.5) is 11.6 Å². The van der Waals surface area contributed by atoms with Gasteiger partial charge in [0.15, 0.2) is 6.17 Å². The molecule has 6 nitrogen and oxygen atoms in total. The van der Waals surface area contributed by atoms with E-state index in [4.69, 9.17) is 11.6 Å². The molecule has 2 heterocycles. The molecule has 0 fully saturated rings. The summed E-state index contributed by atoms with van der Waals surface area (Å²) in [6.45, 7) is 5.95. The Kier molecular flexibility index (Phi) is 4.65. The first kappa shape index (κ1) is 18.3. The summed E-state index contributed by atoms with van der Waals surface area (Å²) in [6.07, 6.45) is -0.415. The van der Waals surface area contributed by atoms with E-state index >= 15 is 0 Å². The van der Waals surface area contributed by atoms with Crippen LogP contribution in [0.2, 0.25) is 5.02 Å². The molecule has 0 saturated carbocycles. The maximum absolute atomic E-state index is 12.7. The number of benzene rings is 2. The lowest BCUT2D eigenvalue weighted by Crippen LogP contribution is -2.82. The van der Waals surface area contributed by atoms with Crippen molar-refractivity contribution >= 4 is 29.2 Å². The number of aromatic nitrogens is 2. The van der Waals surface area contributed by atoms with Crippen LogP contribution in [-0.2, 0) is 0 Å². The first-order valence-corrected chi connectivity index (χ1v) is 9.39. The third kappa shape index (κ3) is 3.39. The number of halogens is 1. The number of hydrogen-bond donors (Lipinski definition) is 3. The molecule has 1 aromatic heterocycles. The molecule has 0 amide bonds. The lowest BCUT2D eigenvalue weighted by atomic mass is 10.1. The zero-order chi connectivity index (χ0) is 19.8. The number of guanidine groups is 1. The van der Waals surface area contributed by atoms with Crippen molar-refractivity contribution in [1.82, 2.24) is 9.55 Å². The predicted molar refractivity (Wildman–Crippen MR) is 112 cm³/mol. The third-order valence-corrected chi connectivity index (χ3v) is 5.16. The van der Waals surface area contributed by atoms with Crippen LogP contribution in [0.5, 0.6) is 0 Å². The van der Waals surface area contributed by atoms with E-state index in [0.717, 1.165) is 16.8 Å². The molecule has 3 N–H and O–H groups in total. The van der Waals surface area contributed by atoms with Gasteiger partial charge in [-0.15, -0.1) is 0 Å². The van der Waals surface area contributed by atoms with Crippen LogP contribution in [0.1, 0.15) is 28.6 Å². The molecule has 28 heavy (non-hydrogen) atoms. The monoisotopic (exact) mass is 394 g/mol. The minimum atomic E-state index is -0.415. The van der Waals surface area contributed by atoms with Gasteiger partial charge in [-0.1, -0.05) is 35.9 Å². The summed E-state index contributed by atoms with van der Waals surface area (Å²) in [4.78, 5) is 20.6. The van der Waals surface area contributed by atoms with Gasteiger partial charge in [0, 0.05) is 22.3 Å². The molecule has 1 aliphatic heterocycles. The summed E-state index contributed by atoms with van der Waals surface area (Å²) < 4.78 is 1.60. The van der Waals surface area contributed by atoms with E-state index in [0.29, 0.717) is 22.6 Å². The van der Waals surface area contributed by atoms with E-state index in [1.807, 2.05) is 36.4 Å². The Morgan fingerprint density at radius 2 is 1.89 bits per heavy atom. The Labute approximate surface area is 167 Å². The molecule has 0 bridgehead atoms. The second-order valence-electron chi connectivity index (χ2n) is 6.90. The second kappa shape index (κ2) is 7.13. The van der Waals surface area contributed by atoms with Gasteiger partial charge in [0.2, 0.25) is 0 Å². The smallest absolute Gasteiger partial charge is 0.269 e. The fourth-order valence-corrected chi connectivity index (χ4v) is 3.38. The zero-order valence-corrected chi connectivity index (χ0v) is 16.6. The molecule has 7 heteroatoms. The molecule has 142 valence electrons. The lowest BCUT2D eigenvalue weighted by Gasteiger charge is -2.23. The van der Waals surface area contributed by atoms with Gasteiger partial charge in [0.25, 0.3) is 11.5 Å². The van der Waals surface area contributed by atoms with Crippen molar-refractivity contribution in [3.63, 3.8) is 0 Å². The quantitative estimate of drug-likeness (QED) is 0.623. The lowest BCUT2D eigenvalue weighted by molar-refractivity contribution is -0.520. The van der Waals surface area contributed by atoms with E-state index in [1.165, 1.54) is 11.6 Å². The topological polar surface area (TPSA) is 72.9 Å². The number of rotatable bonds is 2. The van der Waals surface area contributed by atoms with Crippen molar-refractivity contribution in [2.24, 2.45) is 0 Å². The zero-order valence-electron chi connectivity index (χ0n) is 15.9. The molecular formula is C21H21ClN5O+. The molecule has 2 aromatic carbocycles. The standard InChI is InChI=1S/C21H20ClN5O/c1-12-5-4-6-17(14(12)3)24-20-25-19(15-7-9-16(22)10-8-15)27-18(28)11-13(2)23-21(27)26-20/h4-11,19H,1-3H3,(H2,23,24,25,26)/p+1. The van der Waals surface area contributed by atoms with Crippen molar-refractivity contribution in [3.05, 3.63) is 86.3 Å². The van der Waals surface area contributed by atoms with Crippen LogP contribution in [0.15, 0.2) is 53.3 Å². The second-order valence-corrected chi connectivity index (χ2v) is 7.34. The molecule has 1 atom stereocenters. The van der Waals surface area contributed by atoms with Gasteiger partial charge in [0.1, 0.15) is 5.69 Å². The van der Waals surface area contributed by atoms with E-state index in [-0.39, 0.29) is 5.56 Å². The first-order valence-electron chi connectivity index (χ1n) is 9.02. The third-order valence-electron chi connectivity index (χ3n) is 4.91. The van der Waals surface area contributed by atoms with Gasteiger partial charge >= 0.3 is 5.96 Å². The average Bonchev–Trinajstić information content (AvgIpc) is 2.65. The minimum absolute atomic E-state index is 0.131. The van der Waals surface area contributed by atoms with Crippen molar-refractivity contribution in [1.29, 1.82) is 0 Å². The summed E-state index contributed by atoms with van der Waals surface area (Å²) >= 11 is 6.04. The Morgan fingerprint density at radius 3 is 2.64 bits per heavy atom. The minimum Gasteiger partial charge on any atom is -0.269 e. The van der Waals surface area contributed by atoms with E-state index in [1.54, 1.807) is 11.5 Å². The summed E-state index contributed by atoms with van der Waals surface area (Å²) in [5, 5.41) is 7.24. The molecule has 3 aromatic rings. The van der Waals surface area contributed by atoms with Gasteiger partial charge in [-0.3, -0.25) is 9.79 Å². The van der Waals surface area contributed by atoms with Gasteiger partial charge in [-0.05, 0) is 50.1 Å². The fraction of sp³-hybridized carbons (Fsp3) is 0.190. The van der Waals surface area contributed by atoms with Crippen molar-refractivity contribution in [3.8, 4) is 0 Å². The SMILES string of the molecule is Cc1cc(=O)n2c(n1)NC(Nc1cccc(C)c1C)=[NH+]C2c1ccc(Cl)cc1. The van der Waals surface area contributed by atoms with Gasteiger partial charge in [-0.25, -0.2) is 20.2 Å². The maximum atomic E-state index is 12.7. The molecular weight excluding hydrogens is 374 g/mol. The highest BCUT2D eigenvalue weighted by Gasteiger charge is 2.29. The Bertz CT molecular complexity index is 1130. The predicted octanol–water partition coefficient (Wildman–Crippen LogP) is 2.34. The van der Waals surface area contributed by atoms with Gasteiger partial charge in [-0.2, -0.15) is 0 Å². The maximum Gasteiger partial charge on any atom is 0.357 e. The molecule has 0 saturated heterocycles. The van der Waals surface area contributed by atoms with Gasteiger partial charge in [0.05, 0.1) is 0 Å². The van der Waals surface area contributed by atoms with E-state index in [9.17, 15) is 4.79 Å². The highest BCUT2D eigenvalue weighted by Crippen LogP contribution is 2.21. The van der Waals surface area contributed by atoms with Crippen LogP contribution in [0.25, 0.3) is 0 Å². The van der Waals surface area contributed by atoms with Crippen LogP contribution < -0.4 is 21.2 Å². The van der Waals surface area contributed by atoms with E-state index < -0.39 is 6.17 Å². The highest BCUT2D eigenvalue weighted by molar-refractivity contribution is 6.30. The molecule has 4 rings (SSSR count). The number of nitrogens with one attached hydrogen (secondary N) is 3. The molecule has 1 unspecified atom stereocenters. The molecule has 0 spiro atoms. The molecule has 1 aliphatic rings. The van der Waals surface area contributed by atoms with Crippen LogP contribution in [-0.4, -0.2) is 15.5 Å². The summed E-state index contributed by atoms with van der Waals surface area (Å²) in [7, 11) is 0. The Balaban J connectivity index is 1.81. The number of anilines is 2. The number of aryl methyl sites for hydroxylation is 2. The van der Waals surface area contributed by atoms with Crippen molar-refractivity contribution in [2.45, 2.75) is 26.9 Å². The van der Waals surface area contributed by atoms with Crippen molar-refractivity contribution < 1.29 is 4.99 Å². The summed E-state index contributed by atoms with van der Waals surface area (Å²) in [6, 6.07) is 15.0. The number of hydrogen-bond acceptors (Lipinski definition) is 4. The number of nitrogens with zero attached hydrogens (tertiary/aromatic N) is 2. The molecule has 0 radical (unpaired) electrons. The van der Waals surface area contributed by atoms with E-state index in [2.05, 4.69) is 40.5 Å². The largest absolute Gasteiger partial charge is 0.357 e. The van der Waals surface area contributed by atoms with Crippen LogP contribution >= 0.6 is 11.6 Å². The van der Waals surface area contributed by atoms with Gasteiger partial charge < -0.3 is 0 Å². The Morgan fingerprint density at radius 1 is 1.14 bits per heavy atom. The number of fused-ring (bicyclic) bond motifs is 1. The normalized spacial score (nSPS) is 15.4. The Hall–Kier alpha value is -3.12. The average molecular weight is 395 g/mol. The highest BCUT2D eigenvalue weighted by atomic mass is 35.5. The summed E-state index contributed by atoms with van der Waals surface area (Å²) in [5.41, 5.74) is 4.76. The van der Waals surface area contributed by atoms with Crippen molar-refractivity contribution in [2.75, 3.05) is 10.6 Å². The summed E-state index contributed by atoms with van der Waals surface area (Å²) in [5.74, 6) is 1.14. The van der Waals surface area contributed by atoms with Crippen LogP contribution in [0.3, 0.4) is 0 Å². The fourth-order valence-electron chi connectivity index (χ4n) is 3.26. The molecule has 0 aliphatic carbocycles. The van der Waals surface area contributed by atoms with Crippen LogP contribution in [0, 0.1) is 20.8 Å².